The number of carbonyl (C=O) groups excluding carboxylic acids is 1. The Morgan fingerprint density at radius 1 is 1.23 bits per heavy atom. The van der Waals surface area contributed by atoms with E-state index in [1.54, 1.807) is 10.9 Å². The summed E-state index contributed by atoms with van der Waals surface area (Å²) in [6.45, 7) is 1.73. The topological polar surface area (TPSA) is 64.2 Å². The molecule has 0 aliphatic carbocycles. The zero-order chi connectivity index (χ0) is 17.8. The average Bonchev–Trinajstić information content (AvgIpc) is 3.35. The van der Waals surface area contributed by atoms with E-state index in [1.807, 2.05) is 41.6 Å². The molecule has 1 saturated heterocycles. The van der Waals surface area contributed by atoms with Crippen LogP contribution in [0.1, 0.15) is 36.0 Å². The molecule has 0 unspecified atom stereocenters. The first kappa shape index (κ1) is 16.6. The highest BCUT2D eigenvalue weighted by atomic mass is 16.4. The van der Waals surface area contributed by atoms with Crippen LogP contribution in [0.25, 0.3) is 0 Å². The maximum atomic E-state index is 12.5. The highest BCUT2D eigenvalue weighted by Crippen LogP contribution is 2.27. The molecule has 6 nitrogen and oxygen atoms in total. The van der Waals surface area contributed by atoms with Crippen LogP contribution >= 0.6 is 0 Å². The fourth-order valence-electron chi connectivity index (χ4n) is 3.43. The number of rotatable bonds is 5. The van der Waals surface area contributed by atoms with Crippen LogP contribution in [0.2, 0.25) is 0 Å². The molecule has 1 aliphatic rings. The van der Waals surface area contributed by atoms with Crippen LogP contribution in [-0.2, 0) is 17.8 Å². The van der Waals surface area contributed by atoms with E-state index in [0.29, 0.717) is 6.54 Å². The van der Waals surface area contributed by atoms with Gasteiger partial charge in [-0.15, -0.1) is 0 Å². The Kier molecular flexibility index (Phi) is 4.82. The lowest BCUT2D eigenvalue weighted by Gasteiger charge is -2.31. The number of carbonyl (C=O) groups is 1. The molecule has 134 valence electrons. The molecule has 26 heavy (non-hydrogen) atoms. The van der Waals surface area contributed by atoms with Crippen LogP contribution in [-0.4, -0.2) is 38.7 Å². The second-order valence-corrected chi connectivity index (χ2v) is 6.71. The summed E-state index contributed by atoms with van der Waals surface area (Å²) in [6, 6.07) is 12.0. The van der Waals surface area contributed by atoms with E-state index >= 15 is 0 Å². The van der Waals surface area contributed by atoms with E-state index in [-0.39, 0.29) is 18.4 Å². The molecule has 1 atom stereocenters. The molecule has 3 aromatic rings. The van der Waals surface area contributed by atoms with Gasteiger partial charge in [0, 0.05) is 31.9 Å². The molecule has 0 bridgehead atoms. The number of oxazole rings is 1. The summed E-state index contributed by atoms with van der Waals surface area (Å²) < 4.78 is 7.66. The number of likely N-dealkylation sites (tertiary alicyclic amines) is 1. The Balaban J connectivity index is 1.39. The van der Waals surface area contributed by atoms with Crippen LogP contribution < -0.4 is 0 Å². The van der Waals surface area contributed by atoms with Crippen molar-refractivity contribution in [2.24, 2.45) is 0 Å². The predicted molar refractivity (Wildman–Crippen MR) is 96.5 cm³/mol. The Bertz CT molecular complexity index is 842. The fraction of sp³-hybridized carbons (Fsp3) is 0.350. The van der Waals surface area contributed by atoms with Gasteiger partial charge in [0.2, 0.25) is 5.91 Å². The molecule has 1 aromatic carbocycles. The summed E-state index contributed by atoms with van der Waals surface area (Å²) in [5.74, 6) is 1.86. The lowest BCUT2D eigenvalue weighted by Crippen LogP contribution is -2.41. The normalized spacial score (nSPS) is 17.4. The zero-order valence-electron chi connectivity index (χ0n) is 14.6. The van der Waals surface area contributed by atoms with Crippen LogP contribution in [0, 0.1) is 0 Å². The molecule has 0 radical (unpaired) electrons. The van der Waals surface area contributed by atoms with Crippen molar-refractivity contribution in [2.45, 2.75) is 31.7 Å². The summed E-state index contributed by atoms with van der Waals surface area (Å²) in [5, 5.41) is 4.11. The first-order valence-corrected chi connectivity index (χ1v) is 9.01. The molecule has 4 rings (SSSR count). The third kappa shape index (κ3) is 3.85. The molecule has 6 heteroatoms. The number of aromatic nitrogens is 3. The highest BCUT2D eigenvalue weighted by Gasteiger charge is 2.28. The van der Waals surface area contributed by atoms with E-state index in [0.717, 1.165) is 37.5 Å². The van der Waals surface area contributed by atoms with Gasteiger partial charge in [0.1, 0.15) is 12.3 Å². The monoisotopic (exact) mass is 350 g/mol. The Morgan fingerprint density at radius 2 is 2.12 bits per heavy atom. The second-order valence-electron chi connectivity index (χ2n) is 6.71. The van der Waals surface area contributed by atoms with Crippen molar-refractivity contribution in [3.8, 4) is 0 Å². The number of piperidine rings is 1. The standard InChI is InChI=1S/C20H22N4O2/c25-19(15-24-11-5-9-22-24)23-10-4-8-17(14-23)20-21-13-18(26-20)12-16-6-2-1-3-7-16/h1-3,5-7,9,11,13,17H,4,8,10,12,14-15H2/t17-/m1/s1. The Morgan fingerprint density at radius 3 is 2.92 bits per heavy atom. The number of hydrogen-bond donors (Lipinski definition) is 0. The van der Waals surface area contributed by atoms with Gasteiger partial charge in [-0.1, -0.05) is 30.3 Å². The van der Waals surface area contributed by atoms with Crippen molar-refractivity contribution >= 4 is 5.91 Å². The molecular formula is C20H22N4O2. The van der Waals surface area contributed by atoms with Crippen molar-refractivity contribution in [2.75, 3.05) is 13.1 Å². The largest absolute Gasteiger partial charge is 0.445 e. The van der Waals surface area contributed by atoms with E-state index in [2.05, 4.69) is 22.2 Å². The fourth-order valence-corrected chi connectivity index (χ4v) is 3.43. The van der Waals surface area contributed by atoms with Crippen LogP contribution in [0.3, 0.4) is 0 Å². The van der Waals surface area contributed by atoms with Crippen molar-refractivity contribution < 1.29 is 9.21 Å². The first-order valence-electron chi connectivity index (χ1n) is 9.01. The third-order valence-corrected chi connectivity index (χ3v) is 4.77. The maximum Gasteiger partial charge on any atom is 0.244 e. The number of nitrogens with zero attached hydrogens (tertiary/aromatic N) is 4. The molecular weight excluding hydrogens is 328 g/mol. The van der Waals surface area contributed by atoms with Gasteiger partial charge in [-0.3, -0.25) is 9.48 Å². The molecule has 1 amide bonds. The lowest BCUT2D eigenvalue weighted by atomic mass is 9.98. The molecule has 2 aromatic heterocycles. The SMILES string of the molecule is O=C(Cn1cccn1)N1CCC[C@@H](c2ncc(Cc3ccccc3)o2)C1. The number of hydrogen-bond acceptors (Lipinski definition) is 4. The summed E-state index contributed by atoms with van der Waals surface area (Å²) in [4.78, 5) is 18.9. The van der Waals surface area contributed by atoms with Crippen LogP contribution in [0.5, 0.6) is 0 Å². The van der Waals surface area contributed by atoms with Crippen molar-refractivity contribution in [1.82, 2.24) is 19.7 Å². The van der Waals surface area contributed by atoms with Gasteiger partial charge in [-0.2, -0.15) is 5.10 Å². The van der Waals surface area contributed by atoms with Crippen LogP contribution in [0.4, 0.5) is 0 Å². The summed E-state index contributed by atoms with van der Waals surface area (Å²) in [6.07, 6.45) is 8.01. The first-order chi connectivity index (χ1) is 12.8. The predicted octanol–water partition coefficient (Wildman–Crippen LogP) is 2.87. The van der Waals surface area contributed by atoms with Gasteiger partial charge >= 0.3 is 0 Å². The zero-order valence-corrected chi connectivity index (χ0v) is 14.6. The summed E-state index contributed by atoms with van der Waals surface area (Å²) >= 11 is 0. The second kappa shape index (κ2) is 7.56. The maximum absolute atomic E-state index is 12.5. The number of benzene rings is 1. The van der Waals surface area contributed by atoms with Crippen molar-refractivity contribution in [3.05, 3.63) is 72.2 Å². The molecule has 1 fully saturated rings. The van der Waals surface area contributed by atoms with E-state index in [4.69, 9.17) is 4.42 Å². The van der Waals surface area contributed by atoms with Gasteiger partial charge in [-0.05, 0) is 24.5 Å². The quantitative estimate of drug-likeness (QED) is 0.710. The van der Waals surface area contributed by atoms with Crippen molar-refractivity contribution in [1.29, 1.82) is 0 Å². The lowest BCUT2D eigenvalue weighted by molar-refractivity contribution is -0.133. The Labute approximate surface area is 152 Å². The van der Waals surface area contributed by atoms with E-state index in [1.165, 1.54) is 5.56 Å². The van der Waals surface area contributed by atoms with Crippen LogP contribution in [0.15, 0.2) is 59.4 Å². The molecule has 0 N–H and O–H groups in total. The minimum atomic E-state index is 0.0921. The summed E-state index contributed by atoms with van der Waals surface area (Å²) in [7, 11) is 0. The van der Waals surface area contributed by atoms with Gasteiger partial charge in [-0.25, -0.2) is 4.98 Å². The molecule has 3 heterocycles. The van der Waals surface area contributed by atoms with Gasteiger partial charge in [0.05, 0.1) is 12.1 Å². The van der Waals surface area contributed by atoms with E-state index in [9.17, 15) is 4.79 Å². The van der Waals surface area contributed by atoms with Gasteiger partial charge < -0.3 is 9.32 Å². The van der Waals surface area contributed by atoms with E-state index < -0.39 is 0 Å². The molecule has 1 aliphatic heterocycles. The number of amides is 1. The smallest absolute Gasteiger partial charge is 0.244 e. The molecule has 0 spiro atoms. The molecule has 0 saturated carbocycles. The van der Waals surface area contributed by atoms with Gasteiger partial charge in [0.15, 0.2) is 5.89 Å². The minimum Gasteiger partial charge on any atom is -0.445 e. The Hall–Kier alpha value is -2.89. The minimum absolute atomic E-state index is 0.0921. The third-order valence-electron chi connectivity index (χ3n) is 4.77. The average molecular weight is 350 g/mol. The van der Waals surface area contributed by atoms with Gasteiger partial charge in [0.25, 0.3) is 0 Å². The highest BCUT2D eigenvalue weighted by molar-refractivity contribution is 5.76. The summed E-state index contributed by atoms with van der Waals surface area (Å²) in [5.41, 5.74) is 1.20. The van der Waals surface area contributed by atoms with Crippen molar-refractivity contribution in [3.63, 3.8) is 0 Å².